The summed E-state index contributed by atoms with van der Waals surface area (Å²) in [6.07, 6.45) is 16.3. The number of aromatic nitrogens is 3. The number of morpholine rings is 1. The third-order valence-corrected chi connectivity index (χ3v) is 4.02. The molecule has 0 saturated carbocycles. The lowest BCUT2D eigenvalue weighted by Gasteiger charge is -2.29. The fraction of sp³-hybridized carbons (Fsp3) is 0.316. The quantitative estimate of drug-likeness (QED) is 0.915. The molecule has 2 heterocycles. The Morgan fingerprint density at radius 2 is 1.88 bits per heavy atom. The minimum atomic E-state index is 0.700. The predicted molar refractivity (Wildman–Crippen MR) is 99.2 cm³/mol. The van der Waals surface area contributed by atoms with Gasteiger partial charge in [0, 0.05) is 44.4 Å². The molecule has 0 unspecified atom stereocenters. The molecule has 1 fully saturated rings. The average Bonchev–Trinajstić information content (AvgIpc) is 2.92. The summed E-state index contributed by atoms with van der Waals surface area (Å²) in [4.78, 5) is 15.4. The summed E-state index contributed by atoms with van der Waals surface area (Å²) in [7, 11) is 1.83. The molecule has 1 aliphatic carbocycles. The fourth-order valence-electron chi connectivity index (χ4n) is 2.69. The van der Waals surface area contributed by atoms with Crippen LogP contribution in [0.15, 0.2) is 60.9 Å². The van der Waals surface area contributed by atoms with E-state index in [1.165, 1.54) is 5.70 Å². The van der Waals surface area contributed by atoms with Crippen molar-refractivity contribution in [1.29, 1.82) is 0 Å². The lowest BCUT2D eigenvalue weighted by atomic mass is 10.1. The summed E-state index contributed by atoms with van der Waals surface area (Å²) >= 11 is 0. The number of anilines is 1. The maximum atomic E-state index is 5.44. The smallest absolute Gasteiger partial charge is 0.144 e. The Hall–Kier alpha value is -2.73. The molecule has 130 valence electrons. The molecule has 1 aromatic heterocycles. The van der Waals surface area contributed by atoms with Crippen LogP contribution in [0, 0.1) is 0 Å². The van der Waals surface area contributed by atoms with Crippen molar-refractivity contribution < 1.29 is 4.74 Å². The highest BCUT2D eigenvalue weighted by atomic mass is 16.5. The number of hydrogen-bond donors (Lipinski definition) is 1. The van der Waals surface area contributed by atoms with Gasteiger partial charge in [-0.25, -0.2) is 4.98 Å². The predicted octanol–water partition coefficient (Wildman–Crippen LogP) is 2.60. The topological polar surface area (TPSA) is 63.2 Å². The molecule has 2 aliphatic rings. The second-order valence-corrected chi connectivity index (χ2v) is 5.63. The van der Waals surface area contributed by atoms with E-state index in [1.807, 2.05) is 13.1 Å². The summed E-state index contributed by atoms with van der Waals surface area (Å²) in [5, 5.41) is 3.06. The van der Waals surface area contributed by atoms with Crippen LogP contribution >= 0.6 is 0 Å². The van der Waals surface area contributed by atoms with Crippen molar-refractivity contribution in [3.05, 3.63) is 66.5 Å². The zero-order chi connectivity index (χ0) is 17.3. The molecule has 0 spiro atoms. The Labute approximate surface area is 148 Å². The molecule has 1 aliphatic heterocycles. The second-order valence-electron chi connectivity index (χ2n) is 5.63. The second kappa shape index (κ2) is 8.94. The fourth-order valence-corrected chi connectivity index (χ4v) is 2.69. The van der Waals surface area contributed by atoms with Crippen molar-refractivity contribution in [1.82, 2.24) is 19.9 Å². The Morgan fingerprint density at radius 1 is 1.04 bits per heavy atom. The third kappa shape index (κ3) is 4.87. The molecule has 6 heteroatoms. The van der Waals surface area contributed by atoms with Crippen LogP contribution in [0.5, 0.6) is 0 Å². The first-order chi connectivity index (χ1) is 12.4. The van der Waals surface area contributed by atoms with E-state index in [0.29, 0.717) is 5.82 Å². The Morgan fingerprint density at radius 3 is 2.72 bits per heavy atom. The van der Waals surface area contributed by atoms with Crippen molar-refractivity contribution in [3.63, 3.8) is 0 Å². The molecule has 1 N–H and O–H groups in total. The van der Waals surface area contributed by atoms with Gasteiger partial charge in [-0.15, -0.1) is 0 Å². The van der Waals surface area contributed by atoms with Gasteiger partial charge in [0.05, 0.1) is 25.1 Å². The lowest BCUT2D eigenvalue weighted by molar-refractivity contribution is 0.0553. The van der Waals surface area contributed by atoms with E-state index in [2.05, 4.69) is 49.5 Å². The minimum Gasteiger partial charge on any atom is -0.378 e. The average molecular weight is 337 g/mol. The molecule has 1 saturated heterocycles. The van der Waals surface area contributed by atoms with Gasteiger partial charge in [0.1, 0.15) is 5.82 Å². The van der Waals surface area contributed by atoms with Crippen LogP contribution in [0.4, 0.5) is 5.82 Å². The zero-order valence-electron chi connectivity index (χ0n) is 14.4. The highest BCUT2D eigenvalue weighted by Crippen LogP contribution is 2.21. The molecule has 0 aromatic carbocycles. The number of nitrogens with zero attached hydrogens (tertiary/aromatic N) is 4. The van der Waals surface area contributed by atoms with Crippen LogP contribution in [0.2, 0.25) is 0 Å². The van der Waals surface area contributed by atoms with E-state index in [9.17, 15) is 0 Å². The summed E-state index contributed by atoms with van der Waals surface area (Å²) in [6, 6.07) is 1.91. The largest absolute Gasteiger partial charge is 0.378 e. The highest BCUT2D eigenvalue weighted by Gasteiger charge is 2.12. The van der Waals surface area contributed by atoms with Crippen molar-refractivity contribution in [2.75, 3.05) is 38.7 Å². The van der Waals surface area contributed by atoms with Crippen LogP contribution < -0.4 is 5.32 Å². The van der Waals surface area contributed by atoms with Crippen LogP contribution in [0.3, 0.4) is 0 Å². The Bertz CT molecular complexity index is 734. The minimum absolute atomic E-state index is 0.700. The summed E-state index contributed by atoms with van der Waals surface area (Å²) in [5.41, 5.74) is 3.16. The van der Waals surface area contributed by atoms with E-state index in [-0.39, 0.29) is 0 Å². The number of rotatable bonds is 3. The molecule has 25 heavy (non-hydrogen) atoms. The van der Waals surface area contributed by atoms with E-state index < -0.39 is 0 Å². The van der Waals surface area contributed by atoms with Crippen molar-refractivity contribution >= 4 is 11.4 Å². The van der Waals surface area contributed by atoms with E-state index in [4.69, 9.17) is 4.74 Å². The molecule has 6 nitrogen and oxygen atoms in total. The van der Waals surface area contributed by atoms with Gasteiger partial charge >= 0.3 is 0 Å². The van der Waals surface area contributed by atoms with Gasteiger partial charge in [-0.1, -0.05) is 18.2 Å². The normalized spacial score (nSPS) is 17.1. The van der Waals surface area contributed by atoms with Gasteiger partial charge in [0.25, 0.3) is 0 Å². The lowest BCUT2D eigenvalue weighted by Crippen LogP contribution is -2.35. The monoisotopic (exact) mass is 337 g/mol. The van der Waals surface area contributed by atoms with Gasteiger partial charge in [0.15, 0.2) is 0 Å². The van der Waals surface area contributed by atoms with Gasteiger partial charge < -0.3 is 15.0 Å². The molecule has 0 radical (unpaired) electrons. The van der Waals surface area contributed by atoms with Crippen LogP contribution in [0.1, 0.15) is 12.1 Å². The van der Waals surface area contributed by atoms with Gasteiger partial charge in [-0.2, -0.15) is 0 Å². The first-order valence-electron chi connectivity index (χ1n) is 8.46. The first kappa shape index (κ1) is 17.1. The maximum absolute atomic E-state index is 5.44. The van der Waals surface area contributed by atoms with Crippen LogP contribution in [0.25, 0.3) is 5.57 Å². The van der Waals surface area contributed by atoms with E-state index >= 15 is 0 Å². The van der Waals surface area contributed by atoms with Gasteiger partial charge in [-0.05, 0) is 24.1 Å². The van der Waals surface area contributed by atoms with Crippen molar-refractivity contribution in [2.45, 2.75) is 6.42 Å². The van der Waals surface area contributed by atoms with Crippen molar-refractivity contribution in [2.24, 2.45) is 0 Å². The maximum Gasteiger partial charge on any atom is 0.144 e. The number of ether oxygens (including phenoxy) is 1. The third-order valence-electron chi connectivity index (χ3n) is 4.02. The summed E-state index contributed by atoms with van der Waals surface area (Å²) in [5.74, 6) is 0.700. The van der Waals surface area contributed by atoms with Gasteiger partial charge in [0.2, 0.25) is 0 Å². The molecular formula is C19H23N5O. The van der Waals surface area contributed by atoms with Gasteiger partial charge in [-0.3, -0.25) is 9.97 Å². The Balaban J connectivity index is 1.88. The molecule has 1 aromatic rings. The van der Waals surface area contributed by atoms with Crippen LogP contribution in [-0.2, 0) is 4.74 Å². The van der Waals surface area contributed by atoms with Crippen molar-refractivity contribution in [3.8, 4) is 0 Å². The summed E-state index contributed by atoms with van der Waals surface area (Å²) < 4.78 is 5.44. The standard InChI is InChI=1S/C19H23N5O/c1-20-19-15-22-10-9-21-8-7-18(23-19)16-3-2-4-17(6-5-16)24-11-13-25-14-12-24/h3-10,15H,2,11-14H2,1H3,(H,20,23). The summed E-state index contributed by atoms with van der Waals surface area (Å²) in [6.45, 7) is 3.45. The molecule has 3 rings (SSSR count). The number of hydrogen-bond acceptors (Lipinski definition) is 6. The molecule has 0 atom stereocenters. The van der Waals surface area contributed by atoms with E-state index in [1.54, 1.807) is 24.8 Å². The Kier molecular flexibility index (Phi) is 6.11. The molecular weight excluding hydrogens is 314 g/mol. The highest BCUT2D eigenvalue weighted by molar-refractivity contribution is 5.73. The number of allylic oxidation sites excluding steroid dienone is 5. The molecule has 0 bridgehead atoms. The zero-order valence-corrected chi connectivity index (χ0v) is 14.4. The first-order valence-corrected chi connectivity index (χ1v) is 8.46. The van der Waals surface area contributed by atoms with Crippen LogP contribution in [-0.4, -0.2) is 53.2 Å². The molecule has 0 amide bonds. The number of nitrogens with one attached hydrogen (secondary N) is 1. The van der Waals surface area contributed by atoms with E-state index in [0.717, 1.165) is 44.0 Å². The SMILES string of the molecule is CNc1cnccnccc(C2=CCC=C(N3CCOCC3)C=C2)n1.